The Labute approximate surface area is 165 Å². The van der Waals surface area contributed by atoms with E-state index in [9.17, 15) is 4.39 Å². The fourth-order valence-electron chi connectivity index (χ4n) is 2.63. The number of nitrogens with zero attached hydrogens (tertiary/aromatic N) is 2. The van der Waals surface area contributed by atoms with E-state index in [1.807, 2.05) is 44.2 Å². The fraction of sp³-hybridized carbons (Fsp3) is 0.158. The Hall–Kier alpha value is -2.25. The summed E-state index contributed by atoms with van der Waals surface area (Å²) in [5.74, 6) is -0.234. The lowest BCUT2D eigenvalue weighted by Crippen LogP contribution is -2.20. The molecule has 3 aromatic rings. The van der Waals surface area contributed by atoms with E-state index in [2.05, 4.69) is 31.7 Å². The number of aryl methyl sites for hydroxylation is 1. The Morgan fingerprint density at radius 2 is 1.81 bits per heavy atom. The van der Waals surface area contributed by atoms with Gasteiger partial charge in [0.25, 0.3) is 0 Å². The largest absolute Gasteiger partial charge is 0.332 e. The highest BCUT2D eigenvalue weighted by molar-refractivity contribution is 9.10. The third-order valence-corrected chi connectivity index (χ3v) is 4.73. The molecule has 3 rings (SSSR count). The second kappa shape index (κ2) is 7.97. The Kier molecular flexibility index (Phi) is 5.68. The third-order valence-electron chi connectivity index (χ3n) is 4.00. The van der Waals surface area contributed by atoms with Gasteiger partial charge in [0.2, 0.25) is 0 Å². The van der Waals surface area contributed by atoms with Crippen molar-refractivity contribution in [2.45, 2.75) is 20.4 Å². The van der Waals surface area contributed by atoms with Crippen LogP contribution in [0.3, 0.4) is 0 Å². The summed E-state index contributed by atoms with van der Waals surface area (Å²) in [5.41, 5.74) is 4.01. The first-order valence-corrected chi connectivity index (χ1v) is 9.25. The molecule has 0 radical (unpaired) electrons. The molecule has 1 aromatic heterocycles. The molecule has 0 saturated carbocycles. The molecule has 0 spiro atoms. The summed E-state index contributed by atoms with van der Waals surface area (Å²) in [7, 11) is 0. The number of halogens is 2. The van der Waals surface area contributed by atoms with Gasteiger partial charge in [0.1, 0.15) is 5.82 Å². The van der Waals surface area contributed by atoms with Gasteiger partial charge in [-0.1, -0.05) is 34.1 Å². The molecule has 2 N–H and O–H groups in total. The Bertz CT molecular complexity index is 937. The summed E-state index contributed by atoms with van der Waals surface area (Å²) in [4.78, 5) is 0. The predicted octanol–water partition coefficient (Wildman–Crippen LogP) is 5.26. The summed E-state index contributed by atoms with van der Waals surface area (Å²) in [6, 6.07) is 14.5. The number of anilines is 2. The summed E-state index contributed by atoms with van der Waals surface area (Å²) in [6.07, 6.45) is 0. The van der Waals surface area contributed by atoms with Crippen molar-refractivity contribution in [3.05, 3.63) is 75.8 Å². The SMILES string of the molecule is Cc1nn(Cc2ccccc2F)c(C)c1NC(=S)Nc1ccc(Br)cc1. The van der Waals surface area contributed by atoms with Crippen molar-refractivity contribution in [3.63, 3.8) is 0 Å². The van der Waals surface area contributed by atoms with Crippen molar-refractivity contribution < 1.29 is 4.39 Å². The fourth-order valence-corrected chi connectivity index (χ4v) is 3.11. The highest BCUT2D eigenvalue weighted by Gasteiger charge is 2.14. The van der Waals surface area contributed by atoms with Gasteiger partial charge in [-0.3, -0.25) is 4.68 Å². The van der Waals surface area contributed by atoms with Gasteiger partial charge in [-0.15, -0.1) is 0 Å². The summed E-state index contributed by atoms with van der Waals surface area (Å²) in [5, 5.41) is 11.3. The van der Waals surface area contributed by atoms with E-state index in [-0.39, 0.29) is 5.82 Å². The lowest BCUT2D eigenvalue weighted by molar-refractivity contribution is 0.579. The molecule has 0 bridgehead atoms. The van der Waals surface area contributed by atoms with E-state index in [1.165, 1.54) is 6.07 Å². The first-order chi connectivity index (χ1) is 12.4. The second-order valence-corrected chi connectivity index (χ2v) is 7.20. The van der Waals surface area contributed by atoms with E-state index in [4.69, 9.17) is 12.2 Å². The molecule has 26 heavy (non-hydrogen) atoms. The number of hydrogen-bond donors (Lipinski definition) is 2. The number of rotatable bonds is 4. The van der Waals surface area contributed by atoms with E-state index in [1.54, 1.807) is 16.8 Å². The third kappa shape index (κ3) is 4.28. The van der Waals surface area contributed by atoms with Crippen LogP contribution in [0.15, 0.2) is 53.0 Å². The van der Waals surface area contributed by atoms with Crippen LogP contribution in [0.4, 0.5) is 15.8 Å². The Morgan fingerprint density at radius 1 is 1.12 bits per heavy atom. The molecule has 0 unspecified atom stereocenters. The molecule has 4 nitrogen and oxygen atoms in total. The number of aromatic nitrogens is 2. The smallest absolute Gasteiger partial charge is 0.175 e. The normalized spacial score (nSPS) is 10.6. The zero-order chi connectivity index (χ0) is 18.7. The van der Waals surface area contributed by atoms with Crippen molar-refractivity contribution in [1.82, 2.24) is 9.78 Å². The van der Waals surface area contributed by atoms with Crippen molar-refractivity contribution in [1.29, 1.82) is 0 Å². The molecule has 0 aliphatic heterocycles. The zero-order valence-electron chi connectivity index (χ0n) is 14.4. The lowest BCUT2D eigenvalue weighted by Gasteiger charge is -2.11. The van der Waals surface area contributed by atoms with Crippen molar-refractivity contribution >= 4 is 44.6 Å². The summed E-state index contributed by atoms with van der Waals surface area (Å²) >= 11 is 8.80. The summed E-state index contributed by atoms with van der Waals surface area (Å²) in [6.45, 7) is 4.20. The first kappa shape index (κ1) is 18.5. The van der Waals surface area contributed by atoms with Gasteiger partial charge < -0.3 is 10.6 Å². The minimum absolute atomic E-state index is 0.234. The van der Waals surface area contributed by atoms with Crippen LogP contribution in [0, 0.1) is 19.7 Å². The van der Waals surface area contributed by atoms with Crippen molar-refractivity contribution in [2.24, 2.45) is 0 Å². The summed E-state index contributed by atoms with van der Waals surface area (Å²) < 4.78 is 16.7. The molecular formula is C19H18BrFN4S. The molecule has 134 valence electrons. The van der Waals surface area contributed by atoms with Crippen molar-refractivity contribution in [2.75, 3.05) is 10.6 Å². The van der Waals surface area contributed by atoms with Gasteiger partial charge in [0.05, 0.1) is 23.6 Å². The molecule has 0 aliphatic rings. The number of nitrogens with one attached hydrogen (secondary N) is 2. The lowest BCUT2D eigenvalue weighted by atomic mass is 10.2. The van der Waals surface area contributed by atoms with Crippen LogP contribution in [0.5, 0.6) is 0 Å². The van der Waals surface area contributed by atoms with Gasteiger partial charge in [0, 0.05) is 15.7 Å². The second-order valence-electron chi connectivity index (χ2n) is 5.88. The van der Waals surface area contributed by atoms with Crippen molar-refractivity contribution in [3.8, 4) is 0 Å². The minimum Gasteiger partial charge on any atom is -0.332 e. The van der Waals surface area contributed by atoms with Crippen LogP contribution >= 0.6 is 28.1 Å². The van der Waals surface area contributed by atoms with Gasteiger partial charge in [-0.05, 0) is 56.4 Å². The molecule has 7 heteroatoms. The topological polar surface area (TPSA) is 41.9 Å². The van der Waals surface area contributed by atoms with Gasteiger partial charge in [0.15, 0.2) is 5.11 Å². The van der Waals surface area contributed by atoms with Crippen LogP contribution < -0.4 is 10.6 Å². The van der Waals surface area contributed by atoms with Crippen LogP contribution in [0.25, 0.3) is 0 Å². The highest BCUT2D eigenvalue weighted by atomic mass is 79.9. The average molecular weight is 433 g/mol. The number of benzene rings is 2. The highest BCUT2D eigenvalue weighted by Crippen LogP contribution is 2.22. The number of hydrogen-bond acceptors (Lipinski definition) is 2. The standard InChI is InChI=1S/C19H18BrFN4S/c1-12-18(23-19(26)22-16-9-7-15(20)8-10-16)13(2)25(24-12)11-14-5-3-4-6-17(14)21/h3-10H,11H2,1-2H3,(H2,22,23,26). The molecule has 0 aliphatic carbocycles. The quantitative estimate of drug-likeness (QED) is 0.551. The molecule has 0 saturated heterocycles. The maximum Gasteiger partial charge on any atom is 0.175 e. The van der Waals surface area contributed by atoms with Crippen LogP contribution in [0.1, 0.15) is 17.0 Å². The molecule has 0 atom stereocenters. The predicted molar refractivity (Wildman–Crippen MR) is 111 cm³/mol. The van der Waals surface area contributed by atoms with Gasteiger partial charge >= 0.3 is 0 Å². The monoisotopic (exact) mass is 432 g/mol. The molecule has 2 aromatic carbocycles. The van der Waals surface area contributed by atoms with E-state index in [0.717, 1.165) is 27.2 Å². The number of thiocarbonyl (C=S) groups is 1. The van der Waals surface area contributed by atoms with Gasteiger partial charge in [-0.2, -0.15) is 5.10 Å². The molecule has 0 amide bonds. The van der Waals surface area contributed by atoms with Gasteiger partial charge in [-0.25, -0.2) is 4.39 Å². The van der Waals surface area contributed by atoms with Crippen LogP contribution in [0.2, 0.25) is 0 Å². The maximum atomic E-state index is 13.9. The average Bonchev–Trinajstić information content (AvgIpc) is 2.86. The Balaban J connectivity index is 1.74. The molecule has 1 heterocycles. The van der Waals surface area contributed by atoms with E-state index in [0.29, 0.717) is 17.2 Å². The minimum atomic E-state index is -0.234. The Morgan fingerprint density at radius 3 is 2.50 bits per heavy atom. The van der Waals surface area contributed by atoms with Crippen LogP contribution in [-0.2, 0) is 6.54 Å². The first-order valence-electron chi connectivity index (χ1n) is 8.05. The molecular weight excluding hydrogens is 415 g/mol. The van der Waals surface area contributed by atoms with E-state index < -0.39 is 0 Å². The molecule has 0 fully saturated rings. The zero-order valence-corrected chi connectivity index (χ0v) is 16.8. The van der Waals surface area contributed by atoms with Crippen LogP contribution in [-0.4, -0.2) is 14.9 Å². The maximum absolute atomic E-state index is 13.9. The van der Waals surface area contributed by atoms with E-state index >= 15 is 0 Å².